The normalized spacial score (nSPS) is 14.4. The van der Waals surface area contributed by atoms with E-state index < -0.39 is 24.4 Å². The molecule has 7 nitrogen and oxygen atoms in total. The van der Waals surface area contributed by atoms with Gasteiger partial charge in [0.05, 0.1) is 4.47 Å². The number of carbonyl (C=O) groups is 3. The van der Waals surface area contributed by atoms with Gasteiger partial charge in [-0.25, -0.2) is 9.69 Å². The van der Waals surface area contributed by atoms with Crippen molar-refractivity contribution >= 4 is 45.5 Å². The number of carbonyl (C=O) groups excluding carboxylic acids is 3. The van der Waals surface area contributed by atoms with Crippen LogP contribution in [-0.2, 0) is 9.59 Å². The van der Waals surface area contributed by atoms with E-state index in [0.29, 0.717) is 21.5 Å². The van der Waals surface area contributed by atoms with Gasteiger partial charge < -0.3 is 15.4 Å². The number of ether oxygens (including phenoxy) is 1. The van der Waals surface area contributed by atoms with E-state index in [1.165, 1.54) is 6.08 Å². The number of nitrogens with zero attached hydrogens (tertiary/aromatic N) is 1. The third-order valence-electron chi connectivity index (χ3n) is 4.18. The first kappa shape index (κ1) is 21.1. The van der Waals surface area contributed by atoms with Gasteiger partial charge in [0.2, 0.25) is 5.91 Å². The molecule has 1 fully saturated rings. The lowest BCUT2D eigenvalue weighted by Gasteiger charge is -2.12. The van der Waals surface area contributed by atoms with Crippen molar-refractivity contribution in [2.45, 2.75) is 6.92 Å². The highest BCUT2D eigenvalue weighted by molar-refractivity contribution is 9.10. The lowest BCUT2D eigenvalue weighted by molar-refractivity contribution is -0.127. The maximum absolute atomic E-state index is 12.6. The number of imide groups is 1. The number of amides is 4. The van der Waals surface area contributed by atoms with Gasteiger partial charge in [0.15, 0.2) is 0 Å². The number of hydrogen-bond donors (Lipinski definition) is 2. The van der Waals surface area contributed by atoms with E-state index in [-0.39, 0.29) is 12.3 Å². The summed E-state index contributed by atoms with van der Waals surface area (Å²) in [4.78, 5) is 37.9. The summed E-state index contributed by atoms with van der Waals surface area (Å²) in [7, 11) is 0. The first-order valence-corrected chi connectivity index (χ1v) is 9.73. The Hall–Kier alpha value is -3.57. The second-order valence-electron chi connectivity index (χ2n) is 6.48. The minimum absolute atomic E-state index is 0.0762. The first-order chi connectivity index (χ1) is 14.4. The maximum Gasteiger partial charge on any atom is 0.329 e. The SMILES string of the molecule is C#CCOc1ccc(/C=C2/NC(=O)N(CC(=O)Nc3ccc(C)cc3)C2=O)cc1Br. The van der Waals surface area contributed by atoms with Crippen LogP contribution in [0, 0.1) is 19.3 Å². The lowest BCUT2D eigenvalue weighted by Crippen LogP contribution is -2.38. The van der Waals surface area contributed by atoms with Gasteiger partial charge in [0, 0.05) is 5.69 Å². The average molecular weight is 468 g/mol. The van der Waals surface area contributed by atoms with Crippen LogP contribution in [0.4, 0.5) is 10.5 Å². The van der Waals surface area contributed by atoms with E-state index in [1.54, 1.807) is 30.3 Å². The van der Waals surface area contributed by atoms with Crippen molar-refractivity contribution in [3.8, 4) is 18.1 Å². The zero-order valence-corrected chi connectivity index (χ0v) is 17.7. The Balaban J connectivity index is 1.68. The van der Waals surface area contributed by atoms with E-state index in [0.717, 1.165) is 10.5 Å². The Morgan fingerprint density at radius 1 is 1.27 bits per heavy atom. The minimum atomic E-state index is -0.654. The largest absolute Gasteiger partial charge is 0.480 e. The number of aryl methyl sites for hydroxylation is 1. The molecule has 1 aliphatic rings. The summed E-state index contributed by atoms with van der Waals surface area (Å²) < 4.78 is 6.02. The summed E-state index contributed by atoms with van der Waals surface area (Å²) in [5, 5.41) is 5.16. The van der Waals surface area contributed by atoms with E-state index in [4.69, 9.17) is 11.2 Å². The van der Waals surface area contributed by atoms with Crippen LogP contribution in [0.25, 0.3) is 6.08 Å². The fourth-order valence-electron chi connectivity index (χ4n) is 2.71. The Labute approximate surface area is 182 Å². The molecule has 2 aromatic carbocycles. The van der Waals surface area contributed by atoms with Crippen molar-refractivity contribution in [3.63, 3.8) is 0 Å². The number of rotatable bonds is 6. The van der Waals surface area contributed by atoms with Crippen molar-refractivity contribution in [1.29, 1.82) is 0 Å². The highest BCUT2D eigenvalue weighted by Gasteiger charge is 2.34. The molecule has 0 saturated carbocycles. The van der Waals surface area contributed by atoms with Gasteiger partial charge in [-0.1, -0.05) is 29.7 Å². The van der Waals surface area contributed by atoms with Gasteiger partial charge in [0.25, 0.3) is 5.91 Å². The van der Waals surface area contributed by atoms with Crippen LogP contribution in [0.1, 0.15) is 11.1 Å². The second kappa shape index (κ2) is 9.29. The number of urea groups is 1. The second-order valence-corrected chi connectivity index (χ2v) is 7.33. The summed E-state index contributed by atoms with van der Waals surface area (Å²) in [6.07, 6.45) is 6.70. The van der Waals surface area contributed by atoms with Crippen LogP contribution in [0.3, 0.4) is 0 Å². The smallest absolute Gasteiger partial charge is 0.329 e. The van der Waals surface area contributed by atoms with E-state index in [2.05, 4.69) is 32.5 Å². The Bertz CT molecular complexity index is 1070. The predicted octanol–water partition coefficient (Wildman–Crippen LogP) is 3.30. The number of hydrogen-bond acceptors (Lipinski definition) is 4. The highest BCUT2D eigenvalue weighted by Crippen LogP contribution is 2.27. The van der Waals surface area contributed by atoms with Gasteiger partial charge in [-0.05, 0) is 58.8 Å². The maximum atomic E-state index is 12.6. The lowest BCUT2D eigenvalue weighted by atomic mass is 10.2. The molecule has 0 aromatic heterocycles. The summed E-state index contributed by atoms with van der Waals surface area (Å²) >= 11 is 3.38. The number of benzene rings is 2. The molecule has 1 aliphatic heterocycles. The molecule has 0 radical (unpaired) electrons. The van der Waals surface area contributed by atoms with Crippen LogP contribution in [0.15, 0.2) is 52.6 Å². The fraction of sp³-hybridized carbons (Fsp3) is 0.136. The summed E-state index contributed by atoms with van der Waals surface area (Å²) in [5.74, 6) is 1.89. The zero-order chi connectivity index (χ0) is 21.7. The van der Waals surface area contributed by atoms with Crippen molar-refractivity contribution in [2.75, 3.05) is 18.5 Å². The molecule has 8 heteroatoms. The molecule has 2 N–H and O–H groups in total. The molecule has 1 saturated heterocycles. The van der Waals surface area contributed by atoms with Gasteiger partial charge in [-0.2, -0.15) is 0 Å². The average Bonchev–Trinajstić information content (AvgIpc) is 2.96. The van der Waals surface area contributed by atoms with Crippen molar-refractivity contribution in [3.05, 3.63) is 63.8 Å². The zero-order valence-electron chi connectivity index (χ0n) is 16.1. The number of halogens is 1. The van der Waals surface area contributed by atoms with Crippen LogP contribution in [0.5, 0.6) is 5.75 Å². The van der Waals surface area contributed by atoms with E-state index in [9.17, 15) is 14.4 Å². The van der Waals surface area contributed by atoms with Crippen LogP contribution >= 0.6 is 15.9 Å². The molecule has 0 atom stereocenters. The molecule has 0 spiro atoms. The Kier molecular flexibility index (Phi) is 6.54. The van der Waals surface area contributed by atoms with Gasteiger partial charge >= 0.3 is 6.03 Å². The van der Waals surface area contributed by atoms with Crippen molar-refractivity contribution in [1.82, 2.24) is 10.2 Å². The number of anilines is 1. The third kappa shape index (κ3) is 5.07. The predicted molar refractivity (Wildman–Crippen MR) is 117 cm³/mol. The molecule has 30 heavy (non-hydrogen) atoms. The number of terminal acetylenes is 1. The molecule has 1 heterocycles. The van der Waals surface area contributed by atoms with Crippen LogP contribution in [0.2, 0.25) is 0 Å². The first-order valence-electron chi connectivity index (χ1n) is 8.94. The summed E-state index contributed by atoms with van der Waals surface area (Å²) in [6.45, 7) is 1.68. The van der Waals surface area contributed by atoms with Gasteiger partial charge in [-0.3, -0.25) is 9.59 Å². The van der Waals surface area contributed by atoms with Crippen LogP contribution < -0.4 is 15.4 Å². The molecule has 0 aliphatic carbocycles. The Morgan fingerprint density at radius 2 is 2.00 bits per heavy atom. The molecular weight excluding hydrogens is 450 g/mol. The fourth-order valence-corrected chi connectivity index (χ4v) is 3.22. The molecule has 0 unspecified atom stereocenters. The molecule has 4 amide bonds. The third-order valence-corrected chi connectivity index (χ3v) is 4.80. The Morgan fingerprint density at radius 3 is 2.67 bits per heavy atom. The summed E-state index contributed by atoms with van der Waals surface area (Å²) in [6, 6.07) is 11.7. The van der Waals surface area contributed by atoms with Crippen LogP contribution in [-0.4, -0.2) is 35.9 Å². The topological polar surface area (TPSA) is 87.7 Å². The summed E-state index contributed by atoms with van der Waals surface area (Å²) in [5.41, 5.74) is 2.38. The quantitative estimate of drug-likeness (QED) is 0.387. The molecular formula is C22H18BrN3O4. The molecule has 3 rings (SSSR count). The van der Waals surface area contributed by atoms with Crippen molar-refractivity contribution < 1.29 is 19.1 Å². The minimum Gasteiger partial charge on any atom is -0.480 e. The standard InChI is InChI=1S/C22H18BrN3O4/c1-3-10-30-19-9-6-15(11-17(19)23)12-18-21(28)26(22(29)25-18)13-20(27)24-16-7-4-14(2)5-8-16/h1,4-9,11-12H,10,13H2,2H3,(H,24,27)(H,25,29)/b18-12+. The van der Waals surface area contributed by atoms with E-state index >= 15 is 0 Å². The molecule has 2 aromatic rings. The monoisotopic (exact) mass is 467 g/mol. The molecule has 0 bridgehead atoms. The van der Waals surface area contributed by atoms with Crippen molar-refractivity contribution in [2.24, 2.45) is 0 Å². The molecule has 152 valence electrons. The van der Waals surface area contributed by atoms with E-state index in [1.807, 2.05) is 19.1 Å². The highest BCUT2D eigenvalue weighted by atomic mass is 79.9. The van der Waals surface area contributed by atoms with Gasteiger partial charge in [0.1, 0.15) is 24.6 Å². The van der Waals surface area contributed by atoms with Gasteiger partial charge in [-0.15, -0.1) is 6.42 Å². The number of nitrogens with one attached hydrogen (secondary N) is 2.